The van der Waals surface area contributed by atoms with Gasteiger partial charge in [0.05, 0.1) is 5.54 Å². The molecule has 3 heteroatoms. The molecule has 4 aliphatic carbocycles. The van der Waals surface area contributed by atoms with Gasteiger partial charge in [-0.1, -0.05) is 12.5 Å². The zero-order chi connectivity index (χ0) is 8.18. The molecule has 0 aromatic rings. The van der Waals surface area contributed by atoms with Crippen molar-refractivity contribution in [1.29, 1.82) is 0 Å². The second kappa shape index (κ2) is 2.65. The van der Waals surface area contributed by atoms with Crippen LogP contribution >= 0.6 is 0 Å². The van der Waals surface area contributed by atoms with Crippen molar-refractivity contribution in [2.24, 2.45) is 22.9 Å². The Morgan fingerprint density at radius 2 is 1.77 bits per heavy atom. The minimum atomic E-state index is 0. The molecule has 0 saturated heterocycles. The van der Waals surface area contributed by atoms with Crippen molar-refractivity contribution in [3.05, 3.63) is 10.4 Å². The van der Waals surface area contributed by atoms with Gasteiger partial charge < -0.3 is 0 Å². The van der Waals surface area contributed by atoms with Crippen molar-refractivity contribution >= 4 is 0 Å². The van der Waals surface area contributed by atoms with Crippen molar-refractivity contribution < 1.29 is 0 Å². The molecule has 72 valence electrons. The molecule has 4 saturated carbocycles. The number of hydrogen-bond acceptors (Lipinski definition) is 1. The number of hydrogen-bond donors (Lipinski definition) is 0. The highest BCUT2D eigenvalue weighted by Crippen LogP contribution is 2.62. The van der Waals surface area contributed by atoms with Crippen molar-refractivity contribution in [2.45, 2.75) is 45.1 Å². The molecule has 13 heavy (non-hydrogen) atoms. The summed E-state index contributed by atoms with van der Waals surface area (Å²) in [5.74, 6) is 2.54. The average Bonchev–Trinajstić information content (AvgIpc) is 2.36. The van der Waals surface area contributed by atoms with Crippen molar-refractivity contribution in [2.75, 3.05) is 0 Å². The Kier molecular flexibility index (Phi) is 1.81. The van der Waals surface area contributed by atoms with Gasteiger partial charge in [0.15, 0.2) is 0 Å². The fraction of sp³-hybridized carbons (Fsp3) is 1.00. The Balaban J connectivity index is 0.000000653. The second-order valence-electron chi connectivity index (χ2n) is 4.84. The topological polar surface area (TPSA) is 48.8 Å². The number of rotatable bonds is 1. The molecule has 3 nitrogen and oxygen atoms in total. The van der Waals surface area contributed by atoms with Gasteiger partial charge in [-0.3, -0.25) is 0 Å². The first kappa shape index (κ1) is 8.89. The highest BCUT2D eigenvalue weighted by Gasteiger charge is 2.57. The third-order valence-electron chi connectivity index (χ3n) is 4.19. The van der Waals surface area contributed by atoms with Crippen LogP contribution in [0.1, 0.15) is 39.5 Å². The van der Waals surface area contributed by atoms with E-state index in [0.717, 1.165) is 17.8 Å². The van der Waals surface area contributed by atoms with Crippen LogP contribution in [0.4, 0.5) is 0 Å². The Hall–Kier alpha value is -0.690. The summed E-state index contributed by atoms with van der Waals surface area (Å²) >= 11 is 0. The largest absolute Gasteiger partial charge is 0.0870 e. The van der Waals surface area contributed by atoms with Crippen LogP contribution in [-0.2, 0) is 0 Å². The lowest BCUT2D eigenvalue weighted by Gasteiger charge is -2.28. The molecule has 0 aliphatic heterocycles. The highest BCUT2D eigenvalue weighted by atomic mass is 15.2. The molecule has 0 N–H and O–H groups in total. The summed E-state index contributed by atoms with van der Waals surface area (Å²) in [7, 11) is 0. The minimum Gasteiger partial charge on any atom is -0.0870 e. The second-order valence-corrected chi connectivity index (χ2v) is 4.84. The van der Waals surface area contributed by atoms with Crippen LogP contribution in [0.25, 0.3) is 10.4 Å². The summed E-state index contributed by atoms with van der Waals surface area (Å²) < 4.78 is 0. The van der Waals surface area contributed by atoms with Crippen LogP contribution in [0.15, 0.2) is 5.11 Å². The predicted molar refractivity (Wildman–Crippen MR) is 52.2 cm³/mol. The molecule has 4 fully saturated rings. The Bertz CT molecular complexity index is 253. The number of azide groups is 1. The van der Waals surface area contributed by atoms with Crippen LogP contribution in [-0.4, -0.2) is 5.54 Å². The molecule has 0 aromatic carbocycles. The molecule has 0 radical (unpaired) electrons. The van der Waals surface area contributed by atoms with E-state index in [1.165, 1.54) is 32.1 Å². The van der Waals surface area contributed by atoms with Crippen LogP contribution in [0, 0.1) is 17.8 Å². The zero-order valence-corrected chi connectivity index (χ0v) is 7.11. The van der Waals surface area contributed by atoms with Gasteiger partial charge in [-0.2, -0.15) is 0 Å². The third-order valence-corrected chi connectivity index (χ3v) is 4.19. The third kappa shape index (κ3) is 1.000. The van der Waals surface area contributed by atoms with Crippen molar-refractivity contribution in [1.82, 2.24) is 0 Å². The highest BCUT2D eigenvalue weighted by molar-refractivity contribution is 5.12. The SMILES string of the molecule is C.[N-]=[N+]=NC12C[C@H]3CC1C[C@@H](C3)C2. The molecule has 0 amide bonds. The molecular formula is C10H17N3. The molecular weight excluding hydrogens is 162 g/mol. The quantitative estimate of drug-likeness (QED) is 0.336. The van der Waals surface area contributed by atoms with E-state index in [-0.39, 0.29) is 13.0 Å². The summed E-state index contributed by atoms with van der Waals surface area (Å²) in [5.41, 5.74) is 8.61. The monoisotopic (exact) mass is 179 g/mol. The van der Waals surface area contributed by atoms with Gasteiger partial charge in [0.25, 0.3) is 0 Å². The lowest BCUT2D eigenvalue weighted by atomic mass is 9.81. The Morgan fingerprint density at radius 1 is 1.15 bits per heavy atom. The predicted octanol–water partition coefficient (Wildman–Crippen LogP) is 3.51. The average molecular weight is 179 g/mol. The molecule has 4 aliphatic rings. The van der Waals surface area contributed by atoms with Crippen LogP contribution < -0.4 is 0 Å². The van der Waals surface area contributed by atoms with Crippen LogP contribution in [0.3, 0.4) is 0 Å². The standard InChI is InChI=1S/C9H13N3.CH4/c10-12-11-9-4-6-1-7(5-9)3-8(9)2-6;/h6-8H,1-5H2;1H4/t6-,7-,8?,9?;/m1./s1. The zero-order valence-electron chi connectivity index (χ0n) is 7.11. The molecule has 4 bridgehead atoms. The lowest BCUT2D eigenvalue weighted by Crippen LogP contribution is -2.26. The van der Waals surface area contributed by atoms with Crippen LogP contribution in [0.5, 0.6) is 0 Å². The van der Waals surface area contributed by atoms with Gasteiger partial charge in [-0.05, 0) is 55.4 Å². The number of nitrogens with zero attached hydrogens (tertiary/aromatic N) is 3. The van der Waals surface area contributed by atoms with E-state index in [1.54, 1.807) is 0 Å². The first-order chi connectivity index (χ1) is 5.82. The van der Waals surface area contributed by atoms with E-state index in [0.29, 0.717) is 0 Å². The van der Waals surface area contributed by atoms with Gasteiger partial charge >= 0.3 is 0 Å². The van der Waals surface area contributed by atoms with E-state index in [4.69, 9.17) is 5.53 Å². The summed E-state index contributed by atoms with van der Waals surface area (Å²) in [6.07, 6.45) is 6.49. The van der Waals surface area contributed by atoms with Crippen molar-refractivity contribution in [3.63, 3.8) is 0 Å². The lowest BCUT2D eigenvalue weighted by molar-refractivity contribution is 0.267. The maximum absolute atomic E-state index is 8.53. The van der Waals surface area contributed by atoms with E-state index >= 15 is 0 Å². The van der Waals surface area contributed by atoms with E-state index in [9.17, 15) is 0 Å². The van der Waals surface area contributed by atoms with Gasteiger partial charge in [-0.15, -0.1) is 0 Å². The fourth-order valence-electron chi connectivity index (χ4n) is 4.01. The maximum Gasteiger partial charge on any atom is 0.0521 e. The van der Waals surface area contributed by atoms with Crippen LogP contribution in [0.2, 0.25) is 0 Å². The van der Waals surface area contributed by atoms with E-state index in [2.05, 4.69) is 10.0 Å². The van der Waals surface area contributed by atoms with Gasteiger partial charge in [0, 0.05) is 4.91 Å². The molecule has 0 unspecified atom stereocenters. The Morgan fingerprint density at radius 3 is 2.31 bits per heavy atom. The molecule has 0 spiro atoms. The Labute approximate surface area is 79.1 Å². The van der Waals surface area contributed by atoms with E-state index in [1.807, 2.05) is 0 Å². The fourth-order valence-corrected chi connectivity index (χ4v) is 4.01. The molecule has 0 heterocycles. The maximum atomic E-state index is 8.53. The first-order valence-corrected chi connectivity index (χ1v) is 4.89. The molecule has 2 atom stereocenters. The smallest absolute Gasteiger partial charge is 0.0521 e. The van der Waals surface area contributed by atoms with Gasteiger partial charge in [0.2, 0.25) is 0 Å². The minimum absolute atomic E-state index is 0. The summed E-state index contributed by atoms with van der Waals surface area (Å²) in [6.45, 7) is 0. The first-order valence-electron chi connectivity index (χ1n) is 4.89. The summed E-state index contributed by atoms with van der Waals surface area (Å²) in [5, 5.41) is 4.08. The van der Waals surface area contributed by atoms with Gasteiger partial charge in [0.1, 0.15) is 0 Å². The molecule has 0 aromatic heterocycles. The summed E-state index contributed by atoms with van der Waals surface area (Å²) in [4.78, 5) is 3.03. The van der Waals surface area contributed by atoms with Crippen molar-refractivity contribution in [3.8, 4) is 0 Å². The normalized spacial score (nSPS) is 50.0. The van der Waals surface area contributed by atoms with Gasteiger partial charge in [-0.25, -0.2) is 0 Å². The molecule has 4 rings (SSSR count). The summed E-state index contributed by atoms with van der Waals surface area (Å²) in [6, 6.07) is 0. The van der Waals surface area contributed by atoms with E-state index < -0.39 is 0 Å².